The summed E-state index contributed by atoms with van der Waals surface area (Å²) in [5.41, 5.74) is 7.42. The molecule has 0 fully saturated rings. The number of nitrogen functional groups attached to an aromatic ring is 1. The van der Waals surface area contributed by atoms with Crippen LogP contribution >= 0.6 is 35.3 Å². The van der Waals surface area contributed by atoms with Gasteiger partial charge in [0.15, 0.2) is 5.13 Å². The highest BCUT2D eigenvalue weighted by Gasteiger charge is 2.07. The van der Waals surface area contributed by atoms with Crippen LogP contribution in [-0.2, 0) is 0 Å². The predicted molar refractivity (Wildman–Crippen MR) is 84.6 cm³/mol. The van der Waals surface area contributed by atoms with Gasteiger partial charge in [0.05, 0.1) is 17.3 Å². The van der Waals surface area contributed by atoms with Crippen molar-refractivity contribution in [2.45, 2.75) is 19.8 Å². The fourth-order valence-electron chi connectivity index (χ4n) is 1.52. The van der Waals surface area contributed by atoms with Crippen LogP contribution < -0.4 is 10.5 Å². The summed E-state index contributed by atoms with van der Waals surface area (Å²) in [4.78, 5) is 4.22. The second-order valence-electron chi connectivity index (χ2n) is 3.92. The molecule has 1 heterocycles. The van der Waals surface area contributed by atoms with Gasteiger partial charge in [0.2, 0.25) is 0 Å². The van der Waals surface area contributed by atoms with Crippen molar-refractivity contribution in [2.75, 3.05) is 12.3 Å². The number of ether oxygens (including phenoxy) is 1. The molecule has 6 heteroatoms. The van der Waals surface area contributed by atoms with Crippen LogP contribution in [0.1, 0.15) is 19.8 Å². The largest absolute Gasteiger partial charge is 0.492 e. The molecule has 0 radical (unpaired) electrons. The Morgan fingerprint density at radius 1 is 1.42 bits per heavy atom. The van der Waals surface area contributed by atoms with E-state index in [1.54, 1.807) is 0 Å². The number of anilines is 1. The fourth-order valence-corrected chi connectivity index (χ4v) is 2.33. The summed E-state index contributed by atoms with van der Waals surface area (Å²) >= 11 is 7.60. The Hall–Kier alpha value is -0.970. The number of hydrogen-bond acceptors (Lipinski definition) is 4. The zero-order valence-corrected chi connectivity index (χ0v) is 12.9. The van der Waals surface area contributed by atoms with Crippen LogP contribution in [0, 0.1) is 0 Å². The van der Waals surface area contributed by atoms with Crippen molar-refractivity contribution in [3.05, 3.63) is 28.6 Å². The third-order valence-corrected chi connectivity index (χ3v) is 3.47. The molecule has 2 aromatic rings. The zero-order chi connectivity index (χ0) is 13.0. The van der Waals surface area contributed by atoms with E-state index in [2.05, 4.69) is 11.9 Å². The van der Waals surface area contributed by atoms with Crippen molar-refractivity contribution in [1.82, 2.24) is 4.98 Å². The molecule has 0 amide bonds. The zero-order valence-electron chi connectivity index (χ0n) is 10.6. The minimum absolute atomic E-state index is 0. The van der Waals surface area contributed by atoms with E-state index in [0.29, 0.717) is 16.8 Å². The fraction of sp³-hybridized carbons (Fsp3) is 0.308. The lowest BCUT2D eigenvalue weighted by molar-refractivity contribution is 0.309. The average Bonchev–Trinajstić information content (AvgIpc) is 2.78. The number of benzene rings is 1. The Kier molecular flexibility index (Phi) is 6.42. The van der Waals surface area contributed by atoms with Gasteiger partial charge in [-0.15, -0.1) is 23.7 Å². The summed E-state index contributed by atoms with van der Waals surface area (Å²) in [5, 5.41) is 3.08. The number of thiazole rings is 1. The van der Waals surface area contributed by atoms with E-state index in [-0.39, 0.29) is 12.4 Å². The smallest absolute Gasteiger partial charge is 0.180 e. The van der Waals surface area contributed by atoms with Crippen LogP contribution in [0.3, 0.4) is 0 Å². The van der Waals surface area contributed by atoms with Gasteiger partial charge in [-0.05, 0) is 24.6 Å². The number of nitrogens with two attached hydrogens (primary N) is 1. The first-order valence-corrected chi connectivity index (χ1v) is 7.10. The van der Waals surface area contributed by atoms with Gasteiger partial charge >= 0.3 is 0 Å². The molecule has 0 aliphatic carbocycles. The third kappa shape index (κ3) is 4.27. The van der Waals surface area contributed by atoms with Gasteiger partial charge < -0.3 is 10.5 Å². The van der Waals surface area contributed by atoms with Gasteiger partial charge in [-0.25, -0.2) is 4.98 Å². The Labute approximate surface area is 128 Å². The van der Waals surface area contributed by atoms with Crippen LogP contribution in [0.5, 0.6) is 5.75 Å². The molecule has 1 aromatic heterocycles. The normalized spacial score (nSPS) is 10.0. The first-order chi connectivity index (χ1) is 8.70. The van der Waals surface area contributed by atoms with Crippen LogP contribution in [0.2, 0.25) is 5.02 Å². The first-order valence-electron chi connectivity index (χ1n) is 5.84. The van der Waals surface area contributed by atoms with Gasteiger partial charge in [0, 0.05) is 10.9 Å². The maximum atomic E-state index is 6.18. The summed E-state index contributed by atoms with van der Waals surface area (Å²) in [6, 6.07) is 5.68. The van der Waals surface area contributed by atoms with E-state index >= 15 is 0 Å². The van der Waals surface area contributed by atoms with Crippen molar-refractivity contribution in [3.8, 4) is 17.0 Å². The number of halogens is 2. The van der Waals surface area contributed by atoms with Gasteiger partial charge in [0.25, 0.3) is 0 Å². The monoisotopic (exact) mass is 318 g/mol. The molecule has 2 rings (SSSR count). The minimum Gasteiger partial charge on any atom is -0.492 e. The standard InChI is InChI=1S/C13H15ClN2OS.ClH/c1-2-3-6-17-12-5-4-9(7-10(12)14)11-8-18-13(15)16-11;/h4-5,7-8H,2-3,6H2,1H3,(H2,15,16);1H. The molecular formula is C13H16Cl2N2OS. The lowest BCUT2D eigenvalue weighted by atomic mass is 10.2. The number of unbranched alkanes of at least 4 members (excludes halogenated alkanes) is 1. The van der Waals surface area contributed by atoms with Gasteiger partial charge in [0.1, 0.15) is 5.75 Å². The molecule has 19 heavy (non-hydrogen) atoms. The topological polar surface area (TPSA) is 48.1 Å². The highest BCUT2D eigenvalue weighted by molar-refractivity contribution is 7.13. The average molecular weight is 319 g/mol. The van der Waals surface area contributed by atoms with Gasteiger partial charge in [-0.3, -0.25) is 0 Å². The van der Waals surface area contributed by atoms with E-state index in [1.807, 2.05) is 23.6 Å². The van der Waals surface area contributed by atoms with E-state index < -0.39 is 0 Å². The van der Waals surface area contributed by atoms with Crippen molar-refractivity contribution in [2.24, 2.45) is 0 Å². The highest BCUT2D eigenvalue weighted by Crippen LogP contribution is 2.31. The van der Waals surface area contributed by atoms with Crippen LogP contribution in [0.4, 0.5) is 5.13 Å². The van der Waals surface area contributed by atoms with Crippen molar-refractivity contribution in [1.29, 1.82) is 0 Å². The summed E-state index contributed by atoms with van der Waals surface area (Å²) in [6.07, 6.45) is 2.13. The minimum atomic E-state index is 0. The van der Waals surface area contributed by atoms with Crippen LogP contribution in [0.15, 0.2) is 23.6 Å². The Morgan fingerprint density at radius 3 is 2.79 bits per heavy atom. The molecule has 0 aliphatic rings. The van der Waals surface area contributed by atoms with E-state index in [4.69, 9.17) is 22.1 Å². The summed E-state index contributed by atoms with van der Waals surface area (Å²) in [6.45, 7) is 2.82. The number of rotatable bonds is 5. The molecule has 0 bridgehead atoms. The highest BCUT2D eigenvalue weighted by atomic mass is 35.5. The quantitative estimate of drug-likeness (QED) is 0.816. The number of hydrogen-bond donors (Lipinski definition) is 1. The maximum absolute atomic E-state index is 6.18. The molecule has 3 nitrogen and oxygen atoms in total. The lowest BCUT2D eigenvalue weighted by Crippen LogP contribution is -1.97. The van der Waals surface area contributed by atoms with Crippen LogP contribution in [0.25, 0.3) is 11.3 Å². The molecule has 0 spiro atoms. The molecule has 1 aromatic carbocycles. The molecule has 0 saturated carbocycles. The lowest BCUT2D eigenvalue weighted by Gasteiger charge is -2.08. The van der Waals surface area contributed by atoms with E-state index in [9.17, 15) is 0 Å². The Bertz CT molecular complexity index is 531. The Morgan fingerprint density at radius 2 is 2.21 bits per heavy atom. The maximum Gasteiger partial charge on any atom is 0.180 e. The summed E-state index contributed by atoms with van der Waals surface area (Å²) in [5.74, 6) is 0.720. The number of aromatic nitrogens is 1. The molecular weight excluding hydrogens is 303 g/mol. The SMILES string of the molecule is CCCCOc1ccc(-c2csc(N)n2)cc1Cl.Cl. The van der Waals surface area contributed by atoms with Gasteiger partial charge in [-0.1, -0.05) is 24.9 Å². The van der Waals surface area contributed by atoms with Crippen LogP contribution in [-0.4, -0.2) is 11.6 Å². The van der Waals surface area contributed by atoms with Crippen molar-refractivity contribution >= 4 is 40.5 Å². The van der Waals surface area contributed by atoms with Gasteiger partial charge in [-0.2, -0.15) is 0 Å². The molecule has 0 saturated heterocycles. The second-order valence-corrected chi connectivity index (χ2v) is 5.22. The first kappa shape index (κ1) is 16.1. The third-order valence-electron chi connectivity index (χ3n) is 2.51. The molecule has 0 unspecified atom stereocenters. The second kappa shape index (κ2) is 7.58. The summed E-state index contributed by atoms with van der Waals surface area (Å²) in [7, 11) is 0. The number of nitrogens with zero attached hydrogens (tertiary/aromatic N) is 1. The molecule has 104 valence electrons. The Balaban J connectivity index is 0.00000180. The van der Waals surface area contributed by atoms with E-state index in [1.165, 1.54) is 11.3 Å². The predicted octanol–water partition coefficient (Wildman–Crippen LogP) is 4.65. The van der Waals surface area contributed by atoms with E-state index in [0.717, 1.165) is 29.8 Å². The molecule has 0 aliphatic heterocycles. The molecule has 2 N–H and O–H groups in total. The summed E-state index contributed by atoms with van der Waals surface area (Å²) < 4.78 is 5.60. The molecule has 0 atom stereocenters. The van der Waals surface area contributed by atoms with Crippen molar-refractivity contribution in [3.63, 3.8) is 0 Å². The van der Waals surface area contributed by atoms with Crippen molar-refractivity contribution < 1.29 is 4.74 Å².